The minimum absolute atomic E-state index is 0.154. The van der Waals surface area contributed by atoms with Crippen LogP contribution in [0.3, 0.4) is 0 Å². The van der Waals surface area contributed by atoms with Crippen LogP contribution in [-0.2, 0) is 4.74 Å². The molecule has 1 heterocycles. The van der Waals surface area contributed by atoms with Gasteiger partial charge in [0.25, 0.3) is 0 Å². The van der Waals surface area contributed by atoms with Gasteiger partial charge in [0.05, 0.1) is 24.2 Å². The molecule has 0 fully saturated rings. The normalized spacial score (nSPS) is 14.1. The van der Waals surface area contributed by atoms with Gasteiger partial charge in [0, 0.05) is 12.7 Å². The van der Waals surface area contributed by atoms with Crippen molar-refractivity contribution in [3.05, 3.63) is 24.2 Å². The number of methoxy groups -OCH3 is 1. The number of furan rings is 1. The number of likely N-dealkylation sites (N-methyl/N-ethyl adjacent to an activating group) is 1. The molecule has 0 aliphatic carbocycles. The zero-order valence-corrected chi connectivity index (χ0v) is 10.0. The van der Waals surface area contributed by atoms with Crippen LogP contribution in [0, 0.1) is 0 Å². The van der Waals surface area contributed by atoms with Gasteiger partial charge in [-0.1, -0.05) is 13.8 Å². The zero-order valence-electron chi connectivity index (χ0n) is 10.0. The summed E-state index contributed by atoms with van der Waals surface area (Å²) < 4.78 is 10.8. The largest absolute Gasteiger partial charge is 0.472 e. The fourth-order valence-electron chi connectivity index (χ4n) is 2.24. The highest BCUT2D eigenvalue weighted by Gasteiger charge is 2.36. The molecular formula is C12H21NO2. The Morgan fingerprint density at radius 3 is 2.47 bits per heavy atom. The molecule has 1 rings (SSSR count). The van der Waals surface area contributed by atoms with Crippen LogP contribution in [0.25, 0.3) is 0 Å². The maximum Gasteiger partial charge on any atom is 0.0951 e. The van der Waals surface area contributed by atoms with Crippen molar-refractivity contribution in [3.8, 4) is 0 Å². The van der Waals surface area contributed by atoms with E-state index in [0.29, 0.717) is 0 Å². The van der Waals surface area contributed by atoms with E-state index in [1.165, 1.54) is 0 Å². The van der Waals surface area contributed by atoms with Crippen molar-refractivity contribution in [2.75, 3.05) is 14.2 Å². The molecule has 15 heavy (non-hydrogen) atoms. The first-order chi connectivity index (χ1) is 7.24. The summed E-state index contributed by atoms with van der Waals surface area (Å²) in [6, 6.07) is 2.16. The minimum atomic E-state index is -0.154. The standard InChI is InChI=1S/C12H21NO2/c1-5-12(6-2,14-4)11(13-3)10-7-8-15-9-10/h7-9,11,13H,5-6H2,1-4H3. The van der Waals surface area contributed by atoms with Gasteiger partial charge in [0.1, 0.15) is 0 Å². The lowest BCUT2D eigenvalue weighted by atomic mass is 9.85. The predicted molar refractivity (Wildman–Crippen MR) is 60.8 cm³/mol. The first-order valence-corrected chi connectivity index (χ1v) is 5.48. The maximum absolute atomic E-state index is 5.71. The van der Waals surface area contributed by atoms with Crippen molar-refractivity contribution in [1.82, 2.24) is 5.32 Å². The Kier molecular flexibility index (Phi) is 4.36. The van der Waals surface area contributed by atoms with E-state index in [1.807, 2.05) is 13.1 Å². The first kappa shape index (κ1) is 12.3. The second-order valence-electron chi connectivity index (χ2n) is 3.75. The lowest BCUT2D eigenvalue weighted by molar-refractivity contribution is -0.0469. The van der Waals surface area contributed by atoms with Crippen molar-refractivity contribution in [3.63, 3.8) is 0 Å². The quantitative estimate of drug-likeness (QED) is 0.785. The molecule has 1 unspecified atom stereocenters. The lowest BCUT2D eigenvalue weighted by Crippen LogP contribution is -2.43. The van der Waals surface area contributed by atoms with Gasteiger partial charge in [-0.15, -0.1) is 0 Å². The Morgan fingerprint density at radius 1 is 1.47 bits per heavy atom. The molecule has 3 nitrogen and oxygen atoms in total. The van der Waals surface area contributed by atoms with Crippen molar-refractivity contribution in [2.24, 2.45) is 0 Å². The number of ether oxygens (including phenoxy) is 1. The Hall–Kier alpha value is -0.800. The molecule has 0 bridgehead atoms. The van der Waals surface area contributed by atoms with Gasteiger partial charge in [-0.25, -0.2) is 0 Å². The molecule has 1 atom stereocenters. The van der Waals surface area contributed by atoms with Gasteiger partial charge in [-0.05, 0) is 26.0 Å². The maximum atomic E-state index is 5.71. The molecule has 1 aromatic rings. The van der Waals surface area contributed by atoms with Crippen LogP contribution < -0.4 is 5.32 Å². The van der Waals surface area contributed by atoms with E-state index in [0.717, 1.165) is 18.4 Å². The molecule has 0 aromatic carbocycles. The summed E-state index contributed by atoms with van der Waals surface area (Å²) in [4.78, 5) is 0. The Bertz CT molecular complexity index is 257. The molecule has 1 aromatic heterocycles. The van der Waals surface area contributed by atoms with Crippen LogP contribution in [-0.4, -0.2) is 19.8 Å². The fourth-order valence-corrected chi connectivity index (χ4v) is 2.24. The molecule has 0 radical (unpaired) electrons. The molecule has 0 amide bonds. The van der Waals surface area contributed by atoms with Crippen LogP contribution in [0.1, 0.15) is 38.3 Å². The summed E-state index contributed by atoms with van der Waals surface area (Å²) in [5.74, 6) is 0. The molecule has 86 valence electrons. The minimum Gasteiger partial charge on any atom is -0.472 e. The number of hydrogen-bond acceptors (Lipinski definition) is 3. The Labute approximate surface area is 91.8 Å². The van der Waals surface area contributed by atoms with E-state index in [-0.39, 0.29) is 11.6 Å². The molecule has 0 aliphatic rings. The third-order valence-electron chi connectivity index (χ3n) is 3.29. The van der Waals surface area contributed by atoms with Crippen LogP contribution in [0.4, 0.5) is 0 Å². The summed E-state index contributed by atoms with van der Waals surface area (Å²) in [6.07, 6.45) is 5.42. The van der Waals surface area contributed by atoms with E-state index in [1.54, 1.807) is 19.6 Å². The summed E-state index contributed by atoms with van der Waals surface area (Å²) in [5, 5.41) is 3.31. The van der Waals surface area contributed by atoms with Crippen LogP contribution in [0.15, 0.2) is 23.0 Å². The molecular weight excluding hydrogens is 190 g/mol. The predicted octanol–water partition coefficient (Wildman–Crippen LogP) is 2.75. The highest BCUT2D eigenvalue weighted by molar-refractivity contribution is 5.16. The monoisotopic (exact) mass is 211 g/mol. The van der Waals surface area contributed by atoms with E-state index in [2.05, 4.69) is 19.2 Å². The van der Waals surface area contributed by atoms with Crippen molar-refractivity contribution >= 4 is 0 Å². The molecule has 3 heteroatoms. The average molecular weight is 211 g/mol. The molecule has 0 aliphatic heterocycles. The summed E-state index contributed by atoms with van der Waals surface area (Å²) in [7, 11) is 3.73. The van der Waals surface area contributed by atoms with Crippen molar-refractivity contribution < 1.29 is 9.15 Å². The average Bonchev–Trinajstić information content (AvgIpc) is 2.79. The van der Waals surface area contributed by atoms with E-state index in [4.69, 9.17) is 9.15 Å². The smallest absolute Gasteiger partial charge is 0.0951 e. The van der Waals surface area contributed by atoms with Gasteiger partial charge in [-0.2, -0.15) is 0 Å². The van der Waals surface area contributed by atoms with Gasteiger partial charge in [0.2, 0.25) is 0 Å². The summed E-state index contributed by atoms with van der Waals surface area (Å²) in [6.45, 7) is 4.30. The topological polar surface area (TPSA) is 34.4 Å². The third kappa shape index (κ3) is 2.24. The fraction of sp³-hybridized carbons (Fsp3) is 0.667. The first-order valence-electron chi connectivity index (χ1n) is 5.48. The highest BCUT2D eigenvalue weighted by Crippen LogP contribution is 2.34. The van der Waals surface area contributed by atoms with E-state index in [9.17, 15) is 0 Å². The third-order valence-corrected chi connectivity index (χ3v) is 3.29. The van der Waals surface area contributed by atoms with Gasteiger partial charge in [0.15, 0.2) is 0 Å². The Balaban J connectivity index is 2.98. The van der Waals surface area contributed by atoms with Crippen LogP contribution in [0.2, 0.25) is 0 Å². The molecule has 0 saturated carbocycles. The summed E-state index contributed by atoms with van der Waals surface area (Å²) in [5.41, 5.74) is 0.988. The van der Waals surface area contributed by atoms with Crippen LogP contribution >= 0.6 is 0 Å². The Morgan fingerprint density at radius 2 is 2.13 bits per heavy atom. The highest BCUT2D eigenvalue weighted by atomic mass is 16.5. The summed E-state index contributed by atoms with van der Waals surface area (Å²) >= 11 is 0. The van der Waals surface area contributed by atoms with Gasteiger partial charge >= 0.3 is 0 Å². The SMILES string of the molecule is CCC(CC)(OC)C(NC)c1ccoc1. The van der Waals surface area contributed by atoms with E-state index < -0.39 is 0 Å². The van der Waals surface area contributed by atoms with Crippen molar-refractivity contribution in [1.29, 1.82) is 0 Å². The molecule has 0 saturated heterocycles. The second kappa shape index (κ2) is 5.33. The van der Waals surface area contributed by atoms with Gasteiger partial charge in [-0.3, -0.25) is 0 Å². The van der Waals surface area contributed by atoms with E-state index >= 15 is 0 Å². The molecule has 0 spiro atoms. The zero-order chi connectivity index (χ0) is 11.3. The number of rotatable bonds is 6. The lowest BCUT2D eigenvalue weighted by Gasteiger charge is -2.37. The number of hydrogen-bond donors (Lipinski definition) is 1. The molecule has 1 N–H and O–H groups in total. The van der Waals surface area contributed by atoms with Gasteiger partial charge < -0.3 is 14.5 Å². The van der Waals surface area contributed by atoms with Crippen LogP contribution in [0.5, 0.6) is 0 Å². The number of nitrogens with one attached hydrogen (secondary N) is 1. The second-order valence-corrected chi connectivity index (χ2v) is 3.75. The van der Waals surface area contributed by atoms with Crippen molar-refractivity contribution in [2.45, 2.75) is 38.3 Å².